The monoisotopic (exact) mass is 362 g/mol. The number of nitrogens with one attached hydrogen (secondary N) is 1. The van der Waals surface area contributed by atoms with E-state index in [0.29, 0.717) is 23.8 Å². The van der Waals surface area contributed by atoms with Gasteiger partial charge in [0.25, 0.3) is 5.91 Å². The average Bonchev–Trinajstić information content (AvgIpc) is 2.71. The first-order valence-electron chi connectivity index (χ1n) is 8.90. The van der Waals surface area contributed by atoms with Crippen LogP contribution in [0.1, 0.15) is 24.3 Å². The van der Waals surface area contributed by atoms with Crippen molar-refractivity contribution in [2.24, 2.45) is 0 Å². The number of anilines is 3. The molecule has 6 heteroatoms. The normalized spacial score (nSPS) is 10.3. The third kappa shape index (κ3) is 4.61. The van der Waals surface area contributed by atoms with E-state index in [4.69, 9.17) is 4.74 Å². The molecule has 0 atom stereocenters. The molecule has 3 aromatic rings. The summed E-state index contributed by atoms with van der Waals surface area (Å²) in [5.41, 5.74) is 2.00. The molecule has 0 saturated carbocycles. The van der Waals surface area contributed by atoms with Gasteiger partial charge in [0.05, 0.1) is 6.61 Å². The van der Waals surface area contributed by atoms with Crippen molar-refractivity contribution >= 4 is 23.1 Å². The van der Waals surface area contributed by atoms with Crippen LogP contribution in [0.25, 0.3) is 0 Å². The summed E-state index contributed by atoms with van der Waals surface area (Å²) >= 11 is 0. The summed E-state index contributed by atoms with van der Waals surface area (Å²) in [4.78, 5) is 23.0. The number of amides is 1. The zero-order valence-corrected chi connectivity index (χ0v) is 15.4. The van der Waals surface area contributed by atoms with Crippen molar-refractivity contribution in [2.75, 3.05) is 23.4 Å². The SMILES string of the molecule is CCOc1ccc(NC(=O)c2cc(N(CC)c3ccccc3)ncn2)cc1. The highest BCUT2D eigenvalue weighted by molar-refractivity contribution is 6.03. The molecule has 138 valence electrons. The average molecular weight is 362 g/mol. The Morgan fingerprint density at radius 1 is 1.04 bits per heavy atom. The van der Waals surface area contributed by atoms with E-state index in [1.165, 1.54) is 6.33 Å². The molecule has 1 amide bonds. The Morgan fingerprint density at radius 2 is 1.78 bits per heavy atom. The van der Waals surface area contributed by atoms with Gasteiger partial charge >= 0.3 is 0 Å². The van der Waals surface area contributed by atoms with Crippen molar-refractivity contribution in [1.29, 1.82) is 0 Å². The summed E-state index contributed by atoms with van der Waals surface area (Å²) in [6, 6.07) is 18.8. The van der Waals surface area contributed by atoms with Crippen molar-refractivity contribution in [3.05, 3.63) is 72.7 Å². The van der Waals surface area contributed by atoms with E-state index in [0.717, 1.165) is 18.0 Å². The van der Waals surface area contributed by atoms with E-state index in [-0.39, 0.29) is 5.91 Å². The number of hydrogen-bond donors (Lipinski definition) is 1. The maximum atomic E-state index is 12.6. The first kappa shape index (κ1) is 18.4. The molecule has 0 saturated heterocycles. The standard InChI is InChI=1S/C21H22N4O2/c1-3-25(17-8-6-5-7-9-17)20-14-19(22-15-23-20)21(26)24-16-10-12-18(13-11-16)27-4-2/h5-15H,3-4H2,1-2H3,(H,24,26). The molecule has 0 radical (unpaired) electrons. The van der Waals surface area contributed by atoms with Crippen molar-refractivity contribution in [2.45, 2.75) is 13.8 Å². The molecule has 0 spiro atoms. The fourth-order valence-electron chi connectivity index (χ4n) is 2.70. The van der Waals surface area contributed by atoms with Crippen LogP contribution in [0.4, 0.5) is 17.2 Å². The number of nitrogens with zero attached hydrogens (tertiary/aromatic N) is 3. The van der Waals surface area contributed by atoms with E-state index in [9.17, 15) is 4.79 Å². The Hall–Kier alpha value is -3.41. The second kappa shape index (κ2) is 8.80. The van der Waals surface area contributed by atoms with Gasteiger partial charge in [-0.15, -0.1) is 0 Å². The second-order valence-electron chi connectivity index (χ2n) is 5.75. The molecule has 3 rings (SSSR count). The molecule has 0 aliphatic rings. The van der Waals surface area contributed by atoms with Gasteiger partial charge in [-0.25, -0.2) is 9.97 Å². The predicted molar refractivity (Wildman–Crippen MR) is 107 cm³/mol. The molecule has 0 aliphatic heterocycles. The molecule has 1 heterocycles. The molecule has 0 fully saturated rings. The molecule has 1 aromatic heterocycles. The topological polar surface area (TPSA) is 67.3 Å². The summed E-state index contributed by atoms with van der Waals surface area (Å²) in [6.45, 7) is 5.29. The number of carbonyl (C=O) groups is 1. The van der Waals surface area contributed by atoms with Gasteiger partial charge in [0.2, 0.25) is 0 Å². The smallest absolute Gasteiger partial charge is 0.274 e. The lowest BCUT2D eigenvalue weighted by atomic mass is 10.2. The number of ether oxygens (including phenoxy) is 1. The Bertz CT molecular complexity index is 882. The minimum Gasteiger partial charge on any atom is -0.494 e. The zero-order valence-electron chi connectivity index (χ0n) is 15.4. The van der Waals surface area contributed by atoms with Crippen molar-refractivity contribution in [1.82, 2.24) is 9.97 Å². The van der Waals surface area contributed by atoms with Crippen LogP contribution in [0, 0.1) is 0 Å². The van der Waals surface area contributed by atoms with Crippen LogP contribution < -0.4 is 15.0 Å². The number of hydrogen-bond acceptors (Lipinski definition) is 5. The molecule has 2 aromatic carbocycles. The van der Waals surface area contributed by atoms with Crippen molar-refractivity contribution < 1.29 is 9.53 Å². The lowest BCUT2D eigenvalue weighted by molar-refractivity contribution is 0.102. The van der Waals surface area contributed by atoms with Crippen LogP contribution in [-0.4, -0.2) is 29.0 Å². The number of aromatic nitrogens is 2. The molecule has 6 nitrogen and oxygen atoms in total. The quantitative estimate of drug-likeness (QED) is 0.679. The van der Waals surface area contributed by atoms with Crippen LogP contribution in [0.15, 0.2) is 67.0 Å². The number of rotatable bonds is 7. The van der Waals surface area contributed by atoms with Crippen LogP contribution in [0.5, 0.6) is 5.75 Å². The van der Waals surface area contributed by atoms with Crippen LogP contribution in [0.3, 0.4) is 0 Å². The molecular formula is C21H22N4O2. The second-order valence-corrected chi connectivity index (χ2v) is 5.75. The van der Waals surface area contributed by atoms with Crippen molar-refractivity contribution in [3.8, 4) is 5.75 Å². The van der Waals surface area contributed by atoms with Gasteiger partial charge in [-0.3, -0.25) is 4.79 Å². The first-order chi connectivity index (χ1) is 13.2. The number of benzene rings is 2. The summed E-state index contributed by atoms with van der Waals surface area (Å²) < 4.78 is 5.41. The molecule has 1 N–H and O–H groups in total. The van der Waals surface area contributed by atoms with Gasteiger partial charge in [0.15, 0.2) is 0 Å². The number of carbonyl (C=O) groups excluding carboxylic acids is 1. The van der Waals surface area contributed by atoms with Gasteiger partial charge in [-0.1, -0.05) is 18.2 Å². The lowest BCUT2D eigenvalue weighted by Crippen LogP contribution is -2.20. The summed E-state index contributed by atoms with van der Waals surface area (Å²) in [5, 5.41) is 2.85. The molecule has 0 aliphatic carbocycles. The number of para-hydroxylation sites is 1. The molecular weight excluding hydrogens is 340 g/mol. The van der Waals surface area contributed by atoms with Gasteiger partial charge in [0.1, 0.15) is 23.6 Å². The minimum absolute atomic E-state index is 0.285. The van der Waals surface area contributed by atoms with Crippen LogP contribution in [-0.2, 0) is 0 Å². The van der Waals surface area contributed by atoms with E-state index in [2.05, 4.69) is 15.3 Å². The molecule has 27 heavy (non-hydrogen) atoms. The van der Waals surface area contributed by atoms with E-state index >= 15 is 0 Å². The van der Waals surface area contributed by atoms with Crippen molar-refractivity contribution in [3.63, 3.8) is 0 Å². The van der Waals surface area contributed by atoms with Crippen LogP contribution in [0.2, 0.25) is 0 Å². The van der Waals surface area contributed by atoms with E-state index < -0.39 is 0 Å². The largest absolute Gasteiger partial charge is 0.494 e. The third-order valence-corrected chi connectivity index (χ3v) is 3.97. The lowest BCUT2D eigenvalue weighted by Gasteiger charge is -2.22. The van der Waals surface area contributed by atoms with Gasteiger partial charge in [-0.05, 0) is 50.2 Å². The highest BCUT2D eigenvalue weighted by Crippen LogP contribution is 2.23. The highest BCUT2D eigenvalue weighted by atomic mass is 16.5. The maximum absolute atomic E-state index is 12.6. The highest BCUT2D eigenvalue weighted by Gasteiger charge is 2.13. The Labute approximate surface area is 158 Å². The van der Waals surface area contributed by atoms with E-state index in [1.54, 1.807) is 18.2 Å². The Kier molecular flexibility index (Phi) is 5.99. The minimum atomic E-state index is -0.285. The Balaban J connectivity index is 1.77. The Morgan fingerprint density at radius 3 is 2.44 bits per heavy atom. The molecule has 0 bridgehead atoms. The van der Waals surface area contributed by atoms with Gasteiger partial charge in [0, 0.05) is 24.0 Å². The van der Waals surface area contributed by atoms with E-state index in [1.807, 2.05) is 61.2 Å². The first-order valence-corrected chi connectivity index (χ1v) is 8.90. The zero-order chi connectivity index (χ0) is 19.1. The summed E-state index contributed by atoms with van der Waals surface area (Å²) in [5.74, 6) is 1.16. The van der Waals surface area contributed by atoms with Gasteiger partial charge < -0.3 is 15.0 Å². The van der Waals surface area contributed by atoms with Gasteiger partial charge in [-0.2, -0.15) is 0 Å². The fourth-order valence-corrected chi connectivity index (χ4v) is 2.70. The molecule has 0 unspecified atom stereocenters. The third-order valence-electron chi connectivity index (χ3n) is 3.97. The fraction of sp³-hybridized carbons (Fsp3) is 0.190. The van der Waals surface area contributed by atoms with Crippen LogP contribution >= 0.6 is 0 Å². The summed E-state index contributed by atoms with van der Waals surface area (Å²) in [6.07, 6.45) is 1.41. The maximum Gasteiger partial charge on any atom is 0.274 e. The predicted octanol–water partition coefficient (Wildman–Crippen LogP) is 4.29. The summed E-state index contributed by atoms with van der Waals surface area (Å²) in [7, 11) is 0.